The molecule has 0 saturated carbocycles. The lowest BCUT2D eigenvalue weighted by Crippen LogP contribution is -2.57. The number of amides is 3. The van der Waals surface area contributed by atoms with Crippen LogP contribution in [0.3, 0.4) is 0 Å². The Labute approximate surface area is 240 Å². The maximum Gasteiger partial charge on any atom is 0.408 e. The minimum absolute atomic E-state index is 0.235. The van der Waals surface area contributed by atoms with Crippen LogP contribution in [0.5, 0.6) is 0 Å². The third-order valence-corrected chi connectivity index (χ3v) is 6.91. The monoisotopic (exact) mass is 561 g/mol. The van der Waals surface area contributed by atoms with Crippen LogP contribution >= 0.6 is 0 Å². The molecule has 9 nitrogen and oxygen atoms in total. The minimum Gasteiger partial charge on any atom is -0.468 e. The molecule has 0 aliphatic rings. The third kappa shape index (κ3) is 11.2. The summed E-state index contributed by atoms with van der Waals surface area (Å²) in [5, 5.41) is 5.44. The third-order valence-electron chi connectivity index (χ3n) is 6.91. The molecule has 0 bridgehead atoms. The number of nitrogens with zero attached hydrogens (tertiary/aromatic N) is 1. The molecule has 3 amide bonds. The van der Waals surface area contributed by atoms with Gasteiger partial charge in [-0.1, -0.05) is 65.3 Å². The molecule has 2 N–H and O–H groups in total. The van der Waals surface area contributed by atoms with Crippen molar-refractivity contribution in [3.8, 4) is 0 Å². The summed E-state index contributed by atoms with van der Waals surface area (Å²) in [6.45, 7) is 17.0. The number of esters is 1. The van der Waals surface area contributed by atoms with Gasteiger partial charge in [0.15, 0.2) is 0 Å². The van der Waals surface area contributed by atoms with E-state index in [1.165, 1.54) is 7.11 Å². The van der Waals surface area contributed by atoms with Crippen molar-refractivity contribution in [2.75, 3.05) is 13.7 Å². The van der Waals surface area contributed by atoms with Crippen molar-refractivity contribution in [2.24, 2.45) is 11.8 Å². The van der Waals surface area contributed by atoms with Gasteiger partial charge in [-0.15, -0.1) is 0 Å². The zero-order valence-electron chi connectivity index (χ0n) is 26.1. The van der Waals surface area contributed by atoms with Crippen molar-refractivity contribution in [3.05, 3.63) is 35.4 Å². The Morgan fingerprint density at radius 1 is 0.950 bits per heavy atom. The molecule has 0 heterocycles. The van der Waals surface area contributed by atoms with Crippen LogP contribution in [-0.4, -0.2) is 60.1 Å². The predicted octanol–water partition coefficient (Wildman–Crippen LogP) is 5.17. The Balaban J connectivity index is 3.66. The maximum atomic E-state index is 14.5. The molecule has 0 radical (unpaired) electrons. The molecule has 1 aromatic carbocycles. The van der Waals surface area contributed by atoms with Gasteiger partial charge in [0.25, 0.3) is 0 Å². The van der Waals surface area contributed by atoms with Crippen LogP contribution in [0, 0.1) is 11.8 Å². The second-order valence-electron chi connectivity index (χ2n) is 11.9. The van der Waals surface area contributed by atoms with Gasteiger partial charge >= 0.3 is 12.1 Å². The zero-order valence-corrected chi connectivity index (χ0v) is 26.1. The summed E-state index contributed by atoms with van der Waals surface area (Å²) in [4.78, 5) is 54.5. The second-order valence-corrected chi connectivity index (χ2v) is 11.9. The quantitative estimate of drug-likeness (QED) is 0.303. The molecular formula is C31H51N3O6. The molecule has 1 rings (SSSR count). The first-order valence-corrected chi connectivity index (χ1v) is 14.4. The van der Waals surface area contributed by atoms with Crippen LogP contribution in [0.1, 0.15) is 98.7 Å². The van der Waals surface area contributed by atoms with Gasteiger partial charge in [0.05, 0.1) is 7.11 Å². The van der Waals surface area contributed by atoms with Crippen molar-refractivity contribution < 1.29 is 28.7 Å². The van der Waals surface area contributed by atoms with Crippen LogP contribution < -0.4 is 10.6 Å². The molecule has 0 saturated heterocycles. The number of aryl methyl sites for hydroxylation is 1. The summed E-state index contributed by atoms with van der Waals surface area (Å²) in [7, 11) is 1.25. The van der Waals surface area contributed by atoms with Gasteiger partial charge < -0.3 is 25.0 Å². The highest BCUT2D eigenvalue weighted by molar-refractivity contribution is 5.93. The fourth-order valence-corrected chi connectivity index (χ4v) is 4.29. The fourth-order valence-electron chi connectivity index (χ4n) is 4.29. The SMILES string of the molecule is CCc1ccc(C(C(=O)NCC(=O)OC)N(C(=O)C(NC(=O)OC(C)(C)C)C(C)CC)C(C)CCC(C)C)cc1. The van der Waals surface area contributed by atoms with Crippen LogP contribution in [0.4, 0.5) is 4.79 Å². The number of benzene rings is 1. The van der Waals surface area contributed by atoms with E-state index in [2.05, 4.69) is 24.5 Å². The largest absolute Gasteiger partial charge is 0.468 e. The zero-order chi connectivity index (χ0) is 30.6. The van der Waals surface area contributed by atoms with Crippen molar-refractivity contribution in [3.63, 3.8) is 0 Å². The number of methoxy groups -OCH3 is 1. The van der Waals surface area contributed by atoms with E-state index < -0.39 is 35.7 Å². The standard InChI is InChI=1S/C31H51N3O6/c1-11-21(5)26(33-30(38)40-31(7,8)9)29(37)34(22(6)14-13-20(3)4)27(28(36)32-19-25(35)39-10)24-17-15-23(12-2)16-18-24/h15-18,20-22,26-27H,11-14,19H2,1-10H3,(H,32,36)(H,33,38). The average molecular weight is 562 g/mol. The van der Waals surface area contributed by atoms with Gasteiger partial charge in [-0.3, -0.25) is 14.4 Å². The van der Waals surface area contributed by atoms with E-state index >= 15 is 0 Å². The van der Waals surface area contributed by atoms with Crippen molar-refractivity contribution in [1.29, 1.82) is 0 Å². The fraction of sp³-hybridized carbons (Fsp3) is 0.677. The second kappa shape index (κ2) is 16.2. The molecule has 0 spiro atoms. The van der Waals surface area contributed by atoms with Gasteiger partial charge in [-0.05, 0) is 69.9 Å². The van der Waals surface area contributed by atoms with Gasteiger partial charge in [0.1, 0.15) is 24.2 Å². The summed E-state index contributed by atoms with van der Waals surface area (Å²) in [5.41, 5.74) is 0.964. The van der Waals surface area contributed by atoms with Crippen molar-refractivity contribution >= 4 is 23.9 Å². The maximum absolute atomic E-state index is 14.5. The Morgan fingerprint density at radius 3 is 2.02 bits per heavy atom. The van der Waals surface area contributed by atoms with Gasteiger partial charge in [0, 0.05) is 6.04 Å². The van der Waals surface area contributed by atoms with Crippen molar-refractivity contribution in [1.82, 2.24) is 15.5 Å². The molecule has 226 valence electrons. The molecule has 0 aliphatic heterocycles. The number of rotatable bonds is 14. The smallest absolute Gasteiger partial charge is 0.408 e. The molecule has 0 aromatic heterocycles. The average Bonchev–Trinajstić information content (AvgIpc) is 2.89. The van der Waals surface area contributed by atoms with E-state index in [-0.39, 0.29) is 24.4 Å². The van der Waals surface area contributed by atoms with E-state index in [0.717, 1.165) is 18.4 Å². The van der Waals surface area contributed by atoms with Gasteiger partial charge in [-0.2, -0.15) is 0 Å². The normalized spacial score (nSPS) is 14.5. The summed E-state index contributed by atoms with van der Waals surface area (Å²) >= 11 is 0. The van der Waals surface area contributed by atoms with E-state index in [4.69, 9.17) is 9.47 Å². The van der Waals surface area contributed by atoms with E-state index in [1.54, 1.807) is 25.7 Å². The van der Waals surface area contributed by atoms with E-state index in [0.29, 0.717) is 24.3 Å². The molecular weight excluding hydrogens is 510 g/mol. The lowest BCUT2D eigenvalue weighted by molar-refractivity contribution is -0.147. The molecule has 4 atom stereocenters. The van der Waals surface area contributed by atoms with Gasteiger partial charge in [0.2, 0.25) is 11.8 Å². The Morgan fingerprint density at radius 2 is 1.55 bits per heavy atom. The number of carbonyl (C=O) groups excluding carboxylic acids is 4. The minimum atomic E-state index is -1.03. The molecule has 0 fully saturated rings. The predicted molar refractivity (Wildman–Crippen MR) is 157 cm³/mol. The van der Waals surface area contributed by atoms with E-state index in [9.17, 15) is 19.2 Å². The molecule has 40 heavy (non-hydrogen) atoms. The van der Waals surface area contributed by atoms with Crippen LogP contribution in [0.15, 0.2) is 24.3 Å². The number of nitrogens with one attached hydrogen (secondary N) is 2. The molecule has 1 aromatic rings. The van der Waals surface area contributed by atoms with E-state index in [1.807, 2.05) is 52.0 Å². The Bertz CT molecular complexity index is 970. The van der Waals surface area contributed by atoms with Crippen LogP contribution in [0.25, 0.3) is 0 Å². The molecule has 9 heteroatoms. The number of hydrogen-bond acceptors (Lipinski definition) is 6. The Hall–Kier alpha value is -3.10. The molecule has 0 aliphatic carbocycles. The Kier molecular flexibility index (Phi) is 14.2. The highest BCUT2D eigenvalue weighted by Crippen LogP contribution is 2.29. The first-order valence-electron chi connectivity index (χ1n) is 14.4. The summed E-state index contributed by atoms with van der Waals surface area (Å²) in [6.07, 6.45) is 2.23. The number of carbonyl (C=O) groups is 4. The molecule has 4 unspecified atom stereocenters. The van der Waals surface area contributed by atoms with Gasteiger partial charge in [-0.25, -0.2) is 4.79 Å². The lowest BCUT2D eigenvalue weighted by atomic mass is 9.93. The van der Waals surface area contributed by atoms with Crippen LogP contribution in [0.2, 0.25) is 0 Å². The lowest BCUT2D eigenvalue weighted by Gasteiger charge is -2.40. The summed E-state index contributed by atoms with van der Waals surface area (Å²) < 4.78 is 10.2. The first-order chi connectivity index (χ1) is 18.6. The van der Waals surface area contributed by atoms with Crippen molar-refractivity contribution in [2.45, 2.75) is 112 Å². The topological polar surface area (TPSA) is 114 Å². The highest BCUT2D eigenvalue weighted by Gasteiger charge is 2.40. The highest BCUT2D eigenvalue weighted by atomic mass is 16.6. The summed E-state index contributed by atoms with van der Waals surface area (Å²) in [5.74, 6) is -1.32. The number of alkyl carbamates (subject to hydrolysis) is 1. The number of ether oxygens (including phenoxy) is 2. The first kappa shape index (κ1) is 34.9. The number of hydrogen-bond donors (Lipinski definition) is 2. The van der Waals surface area contributed by atoms with Crippen LogP contribution in [-0.2, 0) is 30.3 Å². The summed E-state index contributed by atoms with van der Waals surface area (Å²) in [6, 6.07) is 5.25.